The van der Waals surface area contributed by atoms with E-state index < -0.39 is 59.8 Å². The molecule has 0 unspecified atom stereocenters. The van der Waals surface area contributed by atoms with E-state index in [0.29, 0.717) is 0 Å². The molecule has 44 heavy (non-hydrogen) atoms. The van der Waals surface area contributed by atoms with E-state index in [0.717, 1.165) is 11.1 Å². The minimum atomic E-state index is -1.16. The molecule has 0 spiro atoms. The molecule has 0 saturated carbocycles. The second kappa shape index (κ2) is 17.8. The Kier molecular flexibility index (Phi) is 14.5. The third-order valence-electron chi connectivity index (χ3n) is 6.91. The number of amides is 4. The van der Waals surface area contributed by atoms with Gasteiger partial charge in [-0.2, -0.15) is 0 Å². The highest BCUT2D eigenvalue weighted by Gasteiger charge is 2.32. The molecular weight excluding hydrogens is 562 g/mol. The summed E-state index contributed by atoms with van der Waals surface area (Å²) in [6, 6.07) is 13.1. The van der Waals surface area contributed by atoms with Crippen LogP contribution in [0.2, 0.25) is 0 Å². The third kappa shape index (κ3) is 12.5. The Morgan fingerprint density at radius 1 is 0.568 bits per heavy atom. The molecule has 2 aromatic rings. The van der Waals surface area contributed by atoms with Gasteiger partial charge in [0.1, 0.15) is 24.2 Å². The number of benzene rings is 2. The number of hydrogen-bond donors (Lipinski definition) is 6. The molecule has 0 bridgehead atoms. The molecule has 0 aliphatic heterocycles. The Hall–Kier alpha value is -4.25. The van der Waals surface area contributed by atoms with Crippen LogP contribution in [0, 0.1) is 11.8 Å². The molecule has 0 heterocycles. The van der Waals surface area contributed by atoms with Gasteiger partial charge in [0.05, 0.1) is 6.04 Å². The van der Waals surface area contributed by atoms with Gasteiger partial charge in [-0.3, -0.25) is 19.2 Å². The number of aliphatic carboxylic acids is 1. The van der Waals surface area contributed by atoms with Crippen LogP contribution in [-0.4, -0.2) is 64.9 Å². The van der Waals surface area contributed by atoms with Crippen LogP contribution in [0.1, 0.15) is 58.6 Å². The van der Waals surface area contributed by atoms with Crippen LogP contribution in [0.5, 0.6) is 0 Å². The summed E-state index contributed by atoms with van der Waals surface area (Å²) in [7, 11) is 0. The molecule has 4 amide bonds. The van der Waals surface area contributed by atoms with E-state index in [-0.39, 0.29) is 37.5 Å². The number of carboxylic acid groups (broad SMARTS) is 1. The summed E-state index contributed by atoms with van der Waals surface area (Å²) in [5.74, 6) is -3.49. The van der Waals surface area contributed by atoms with Crippen molar-refractivity contribution in [2.45, 2.75) is 90.5 Å². The van der Waals surface area contributed by atoms with Gasteiger partial charge in [0.25, 0.3) is 0 Å². The zero-order valence-electron chi connectivity index (χ0n) is 26.2. The minimum Gasteiger partial charge on any atom is -0.480 e. The van der Waals surface area contributed by atoms with E-state index in [2.05, 4.69) is 21.3 Å². The summed E-state index contributed by atoms with van der Waals surface area (Å²) in [6.07, 6.45) is 0.749. The van der Waals surface area contributed by atoms with Crippen LogP contribution in [0.25, 0.3) is 0 Å². The first-order valence-corrected chi connectivity index (χ1v) is 15.0. The van der Waals surface area contributed by atoms with Crippen molar-refractivity contribution in [2.24, 2.45) is 17.6 Å². The van der Waals surface area contributed by atoms with Crippen molar-refractivity contribution in [1.29, 1.82) is 0 Å². The van der Waals surface area contributed by atoms with Gasteiger partial charge in [0, 0.05) is 12.8 Å². The molecule has 0 saturated heterocycles. The van der Waals surface area contributed by atoms with Gasteiger partial charge in [-0.15, -0.1) is 0 Å². The van der Waals surface area contributed by atoms with Gasteiger partial charge < -0.3 is 32.1 Å². The third-order valence-corrected chi connectivity index (χ3v) is 6.91. The average Bonchev–Trinajstić information content (AvgIpc) is 2.96. The Bertz CT molecular complexity index is 1240. The van der Waals surface area contributed by atoms with Crippen molar-refractivity contribution in [3.05, 3.63) is 71.8 Å². The second-order valence-electron chi connectivity index (χ2n) is 12.0. The predicted octanol–water partition coefficient (Wildman–Crippen LogP) is 1.94. The molecule has 0 radical (unpaired) electrons. The summed E-state index contributed by atoms with van der Waals surface area (Å²) < 4.78 is 0. The van der Waals surface area contributed by atoms with E-state index in [1.165, 1.54) is 6.92 Å². The van der Waals surface area contributed by atoms with Gasteiger partial charge in [-0.25, -0.2) is 4.79 Å². The van der Waals surface area contributed by atoms with Crippen LogP contribution in [0.3, 0.4) is 0 Å². The van der Waals surface area contributed by atoms with Crippen molar-refractivity contribution in [2.75, 3.05) is 0 Å². The van der Waals surface area contributed by atoms with Crippen molar-refractivity contribution >= 4 is 29.6 Å². The maximum atomic E-state index is 13.8. The maximum absolute atomic E-state index is 13.8. The lowest BCUT2D eigenvalue weighted by molar-refractivity contribution is -0.143. The molecule has 11 heteroatoms. The molecule has 240 valence electrons. The molecule has 5 atom stereocenters. The predicted molar refractivity (Wildman–Crippen MR) is 168 cm³/mol. The van der Waals surface area contributed by atoms with E-state index in [1.807, 2.05) is 88.4 Å². The molecule has 11 nitrogen and oxygen atoms in total. The number of carbonyl (C=O) groups excluding carboxylic acids is 4. The number of carbonyl (C=O) groups is 5. The maximum Gasteiger partial charge on any atom is 0.326 e. The lowest BCUT2D eigenvalue weighted by Crippen LogP contribution is -2.59. The summed E-state index contributed by atoms with van der Waals surface area (Å²) in [5.41, 5.74) is 7.31. The van der Waals surface area contributed by atoms with Crippen molar-refractivity contribution in [1.82, 2.24) is 21.3 Å². The first-order chi connectivity index (χ1) is 20.8. The summed E-state index contributed by atoms with van der Waals surface area (Å²) in [4.78, 5) is 65.0. The molecule has 0 fully saturated rings. The summed E-state index contributed by atoms with van der Waals surface area (Å²) in [6.45, 7) is 8.98. The average molecular weight is 610 g/mol. The van der Waals surface area contributed by atoms with Crippen LogP contribution >= 0.6 is 0 Å². The normalized spacial score (nSPS) is 14.5. The van der Waals surface area contributed by atoms with Gasteiger partial charge in [0.2, 0.25) is 23.6 Å². The van der Waals surface area contributed by atoms with Gasteiger partial charge in [-0.05, 0) is 42.7 Å². The molecule has 2 rings (SSSR count). The molecule has 0 aromatic heterocycles. The van der Waals surface area contributed by atoms with Crippen LogP contribution in [0.15, 0.2) is 60.7 Å². The zero-order valence-corrected chi connectivity index (χ0v) is 26.2. The number of carboxylic acids is 1. The highest BCUT2D eigenvalue weighted by molar-refractivity contribution is 5.95. The summed E-state index contributed by atoms with van der Waals surface area (Å²) in [5, 5.41) is 20.4. The highest BCUT2D eigenvalue weighted by Crippen LogP contribution is 2.11. The largest absolute Gasteiger partial charge is 0.480 e. The fraction of sp³-hybridized carbons (Fsp3) is 0.485. The number of nitrogens with two attached hydrogens (primary N) is 1. The summed E-state index contributed by atoms with van der Waals surface area (Å²) >= 11 is 0. The SMILES string of the molecule is CC(C)C[C@@H](NC(=O)[C@@H](CC(C)C)NC(=O)[C@@H](Cc1ccccc1)NC(=O)[C@@H](Cc1ccccc1)NC(=O)[C@@H](C)N)C(=O)O. The molecule has 7 N–H and O–H groups in total. The van der Waals surface area contributed by atoms with Crippen molar-refractivity contribution < 1.29 is 29.1 Å². The van der Waals surface area contributed by atoms with Crippen LogP contribution in [-0.2, 0) is 36.8 Å². The van der Waals surface area contributed by atoms with Crippen molar-refractivity contribution in [3.8, 4) is 0 Å². The molecule has 0 aliphatic carbocycles. The molecular formula is C33H47N5O6. The lowest BCUT2D eigenvalue weighted by Gasteiger charge is -2.27. The van der Waals surface area contributed by atoms with Crippen molar-refractivity contribution in [3.63, 3.8) is 0 Å². The second-order valence-corrected chi connectivity index (χ2v) is 12.0. The number of nitrogens with one attached hydrogen (secondary N) is 4. The lowest BCUT2D eigenvalue weighted by atomic mass is 9.99. The fourth-order valence-corrected chi connectivity index (χ4v) is 4.63. The van der Waals surface area contributed by atoms with E-state index in [9.17, 15) is 29.1 Å². The first-order valence-electron chi connectivity index (χ1n) is 15.0. The molecule has 0 aliphatic rings. The van der Waals surface area contributed by atoms with E-state index >= 15 is 0 Å². The van der Waals surface area contributed by atoms with E-state index in [1.54, 1.807) is 0 Å². The molecule has 2 aromatic carbocycles. The Morgan fingerprint density at radius 2 is 0.909 bits per heavy atom. The Morgan fingerprint density at radius 3 is 1.30 bits per heavy atom. The standard InChI is InChI=1S/C33H47N5O6/c1-20(2)16-25(30(40)38-28(33(43)44)17-21(3)4)36-32(42)27(19-24-14-10-7-11-15-24)37-31(41)26(35-29(39)22(5)34)18-23-12-8-6-9-13-23/h6-15,20-22,25-28H,16-19,34H2,1-5H3,(H,35,39)(H,36,42)(H,37,41)(H,38,40)(H,43,44)/t22-,25-,26-,27-,28-/m1/s1. The van der Waals surface area contributed by atoms with Crippen LogP contribution < -0.4 is 27.0 Å². The van der Waals surface area contributed by atoms with Gasteiger partial charge >= 0.3 is 5.97 Å². The fourth-order valence-electron chi connectivity index (χ4n) is 4.63. The Labute approximate surface area is 259 Å². The van der Waals surface area contributed by atoms with E-state index in [4.69, 9.17) is 5.73 Å². The van der Waals surface area contributed by atoms with Gasteiger partial charge in [0.15, 0.2) is 0 Å². The minimum absolute atomic E-state index is 0.00897. The number of hydrogen-bond acceptors (Lipinski definition) is 6. The monoisotopic (exact) mass is 609 g/mol. The van der Waals surface area contributed by atoms with Gasteiger partial charge in [-0.1, -0.05) is 88.4 Å². The quantitative estimate of drug-likeness (QED) is 0.159. The Balaban J connectivity index is 2.34. The smallest absolute Gasteiger partial charge is 0.326 e. The number of rotatable bonds is 17. The highest BCUT2D eigenvalue weighted by atomic mass is 16.4. The zero-order chi connectivity index (χ0) is 32.8. The topological polar surface area (TPSA) is 180 Å². The van der Waals surface area contributed by atoms with Crippen LogP contribution in [0.4, 0.5) is 0 Å². The first kappa shape index (κ1) is 35.9.